The van der Waals surface area contributed by atoms with Crippen molar-refractivity contribution in [3.05, 3.63) is 30.1 Å². The minimum Gasteiger partial charge on any atom is -0.314 e. The first-order valence-corrected chi connectivity index (χ1v) is 7.50. The zero-order valence-corrected chi connectivity index (χ0v) is 11.6. The maximum Gasteiger partial charge on any atom is 0.0300 e. The fraction of sp³-hybridized carbons (Fsp3) is 0.688. The molecule has 2 rings (SSSR count). The van der Waals surface area contributed by atoms with Crippen molar-refractivity contribution in [1.29, 1.82) is 0 Å². The van der Waals surface area contributed by atoms with Gasteiger partial charge in [-0.2, -0.15) is 0 Å². The monoisotopic (exact) mass is 246 g/mol. The predicted octanol–water partition coefficient (Wildman–Crippen LogP) is 3.57. The molecule has 1 aromatic rings. The van der Waals surface area contributed by atoms with Crippen molar-refractivity contribution in [3.63, 3.8) is 0 Å². The van der Waals surface area contributed by atoms with E-state index in [0.717, 1.165) is 24.9 Å². The molecule has 0 bridgehead atoms. The topological polar surface area (TPSA) is 24.9 Å². The zero-order valence-electron chi connectivity index (χ0n) is 11.6. The molecule has 1 aliphatic rings. The first-order valence-electron chi connectivity index (χ1n) is 7.50. The summed E-state index contributed by atoms with van der Waals surface area (Å²) in [5.74, 6) is 1.01. The van der Waals surface area contributed by atoms with Crippen LogP contribution in [0.2, 0.25) is 0 Å². The Morgan fingerprint density at radius 1 is 1.28 bits per heavy atom. The summed E-state index contributed by atoms with van der Waals surface area (Å²) < 4.78 is 0. The first kappa shape index (κ1) is 13.5. The summed E-state index contributed by atoms with van der Waals surface area (Å²) in [7, 11) is 0. The maximum atomic E-state index is 4.15. The average molecular weight is 246 g/mol. The van der Waals surface area contributed by atoms with Crippen molar-refractivity contribution in [2.75, 3.05) is 6.54 Å². The fourth-order valence-electron chi connectivity index (χ4n) is 3.03. The Kier molecular flexibility index (Phi) is 5.66. The predicted molar refractivity (Wildman–Crippen MR) is 76.6 cm³/mol. The molecule has 0 amide bonds. The van der Waals surface area contributed by atoms with Crippen LogP contribution in [0.25, 0.3) is 0 Å². The SMILES string of the molecule is CCCC1CCC(NCCc2cccnc2)CC1. The lowest BCUT2D eigenvalue weighted by Crippen LogP contribution is -2.34. The molecule has 18 heavy (non-hydrogen) atoms. The van der Waals surface area contributed by atoms with Crippen LogP contribution in [0.5, 0.6) is 0 Å². The Balaban J connectivity index is 1.61. The van der Waals surface area contributed by atoms with Crippen LogP contribution in [-0.2, 0) is 6.42 Å². The minimum atomic E-state index is 0.759. The number of nitrogens with zero attached hydrogens (tertiary/aromatic N) is 1. The van der Waals surface area contributed by atoms with Gasteiger partial charge in [-0.3, -0.25) is 4.98 Å². The number of aromatic nitrogens is 1. The molecular weight excluding hydrogens is 220 g/mol. The second-order valence-corrected chi connectivity index (χ2v) is 5.57. The molecule has 100 valence electrons. The lowest BCUT2D eigenvalue weighted by molar-refractivity contribution is 0.279. The van der Waals surface area contributed by atoms with E-state index in [2.05, 4.69) is 23.3 Å². The van der Waals surface area contributed by atoms with Crippen molar-refractivity contribution in [2.45, 2.75) is 57.9 Å². The van der Waals surface area contributed by atoms with Crippen molar-refractivity contribution < 1.29 is 0 Å². The van der Waals surface area contributed by atoms with Crippen LogP contribution in [0.3, 0.4) is 0 Å². The van der Waals surface area contributed by atoms with Gasteiger partial charge in [0, 0.05) is 18.4 Å². The molecule has 0 atom stereocenters. The highest BCUT2D eigenvalue weighted by molar-refractivity contribution is 5.08. The van der Waals surface area contributed by atoms with Crippen molar-refractivity contribution >= 4 is 0 Å². The van der Waals surface area contributed by atoms with E-state index in [-0.39, 0.29) is 0 Å². The minimum absolute atomic E-state index is 0.759. The third-order valence-electron chi connectivity index (χ3n) is 4.11. The Morgan fingerprint density at radius 3 is 2.78 bits per heavy atom. The third-order valence-corrected chi connectivity index (χ3v) is 4.11. The van der Waals surface area contributed by atoms with Crippen molar-refractivity contribution in [1.82, 2.24) is 10.3 Å². The van der Waals surface area contributed by atoms with E-state index in [1.807, 2.05) is 18.5 Å². The van der Waals surface area contributed by atoms with Gasteiger partial charge in [-0.05, 0) is 56.2 Å². The number of hydrogen-bond acceptors (Lipinski definition) is 2. The quantitative estimate of drug-likeness (QED) is 0.830. The van der Waals surface area contributed by atoms with Crippen LogP contribution in [0, 0.1) is 5.92 Å². The summed E-state index contributed by atoms with van der Waals surface area (Å²) in [6, 6.07) is 4.94. The molecule has 0 radical (unpaired) electrons. The average Bonchev–Trinajstić information content (AvgIpc) is 2.42. The molecule has 1 aromatic heterocycles. The summed E-state index contributed by atoms with van der Waals surface area (Å²) >= 11 is 0. The Hall–Kier alpha value is -0.890. The molecule has 0 spiro atoms. The molecule has 1 aliphatic carbocycles. The smallest absolute Gasteiger partial charge is 0.0300 e. The van der Waals surface area contributed by atoms with Gasteiger partial charge in [-0.1, -0.05) is 25.8 Å². The van der Waals surface area contributed by atoms with Gasteiger partial charge in [0.25, 0.3) is 0 Å². The van der Waals surface area contributed by atoms with Crippen LogP contribution in [-0.4, -0.2) is 17.6 Å². The van der Waals surface area contributed by atoms with Gasteiger partial charge in [0.2, 0.25) is 0 Å². The van der Waals surface area contributed by atoms with Crippen molar-refractivity contribution in [3.8, 4) is 0 Å². The molecule has 0 unspecified atom stereocenters. The lowest BCUT2D eigenvalue weighted by atomic mass is 9.83. The van der Waals surface area contributed by atoms with Gasteiger partial charge in [-0.15, -0.1) is 0 Å². The fourth-order valence-corrected chi connectivity index (χ4v) is 3.03. The van der Waals surface area contributed by atoms with Crippen LogP contribution in [0.1, 0.15) is 51.0 Å². The Labute approximate surface area is 111 Å². The van der Waals surface area contributed by atoms with Crippen LogP contribution in [0.15, 0.2) is 24.5 Å². The highest BCUT2D eigenvalue weighted by Gasteiger charge is 2.19. The molecule has 1 N–H and O–H groups in total. The van der Waals surface area contributed by atoms with E-state index in [1.165, 1.54) is 44.1 Å². The van der Waals surface area contributed by atoms with Gasteiger partial charge >= 0.3 is 0 Å². The summed E-state index contributed by atoms with van der Waals surface area (Å²) in [6.45, 7) is 3.40. The second-order valence-electron chi connectivity index (χ2n) is 5.57. The number of nitrogens with one attached hydrogen (secondary N) is 1. The molecule has 0 aliphatic heterocycles. The Bertz CT molecular complexity index is 315. The van der Waals surface area contributed by atoms with Crippen LogP contribution in [0.4, 0.5) is 0 Å². The van der Waals surface area contributed by atoms with E-state index >= 15 is 0 Å². The van der Waals surface area contributed by atoms with Gasteiger partial charge in [-0.25, -0.2) is 0 Å². The summed E-state index contributed by atoms with van der Waals surface area (Å²) in [5.41, 5.74) is 1.34. The van der Waals surface area contributed by atoms with Crippen molar-refractivity contribution in [2.24, 2.45) is 5.92 Å². The maximum absolute atomic E-state index is 4.15. The van der Waals surface area contributed by atoms with Crippen LogP contribution >= 0.6 is 0 Å². The number of hydrogen-bond donors (Lipinski definition) is 1. The standard InChI is InChI=1S/C16H26N2/c1-2-4-14-6-8-16(9-7-14)18-12-10-15-5-3-11-17-13-15/h3,5,11,13-14,16,18H,2,4,6-10,12H2,1H3. The molecule has 0 saturated heterocycles. The number of rotatable bonds is 6. The molecule has 2 heteroatoms. The van der Waals surface area contributed by atoms with E-state index in [1.54, 1.807) is 0 Å². The first-order chi connectivity index (χ1) is 8.88. The molecule has 0 aromatic carbocycles. The highest BCUT2D eigenvalue weighted by Crippen LogP contribution is 2.27. The van der Waals surface area contributed by atoms with Gasteiger partial charge in [0.15, 0.2) is 0 Å². The third kappa shape index (κ3) is 4.41. The lowest BCUT2D eigenvalue weighted by Gasteiger charge is -2.29. The second kappa shape index (κ2) is 7.52. The zero-order chi connectivity index (χ0) is 12.6. The van der Waals surface area contributed by atoms with E-state index in [0.29, 0.717) is 0 Å². The largest absolute Gasteiger partial charge is 0.314 e. The van der Waals surface area contributed by atoms with Gasteiger partial charge in [0.05, 0.1) is 0 Å². The summed E-state index contributed by atoms with van der Waals surface area (Å²) in [4.78, 5) is 4.15. The van der Waals surface area contributed by atoms with E-state index in [4.69, 9.17) is 0 Å². The Morgan fingerprint density at radius 2 is 2.11 bits per heavy atom. The molecule has 1 heterocycles. The van der Waals surface area contributed by atoms with E-state index in [9.17, 15) is 0 Å². The van der Waals surface area contributed by atoms with E-state index < -0.39 is 0 Å². The summed E-state index contributed by atoms with van der Waals surface area (Å²) in [5, 5.41) is 3.70. The molecule has 1 fully saturated rings. The van der Waals surface area contributed by atoms with Crippen LogP contribution < -0.4 is 5.32 Å². The molecule has 1 saturated carbocycles. The number of pyridine rings is 1. The molecular formula is C16H26N2. The van der Waals surface area contributed by atoms with Gasteiger partial charge in [0.1, 0.15) is 0 Å². The molecule has 2 nitrogen and oxygen atoms in total. The highest BCUT2D eigenvalue weighted by atomic mass is 14.9. The van der Waals surface area contributed by atoms with Gasteiger partial charge < -0.3 is 5.32 Å². The summed E-state index contributed by atoms with van der Waals surface area (Å²) in [6.07, 6.45) is 13.3. The normalized spacial score (nSPS) is 24.1.